The van der Waals surface area contributed by atoms with Crippen molar-refractivity contribution >= 4 is 34.0 Å². The van der Waals surface area contributed by atoms with Gasteiger partial charge in [-0.3, -0.25) is 10.1 Å². The fourth-order valence-corrected chi connectivity index (χ4v) is 4.36. The van der Waals surface area contributed by atoms with E-state index in [1.54, 1.807) is 12.2 Å². The predicted octanol–water partition coefficient (Wildman–Crippen LogP) is 2.81. The third-order valence-corrected chi connectivity index (χ3v) is 5.82. The number of nitrogens with zero attached hydrogens (tertiary/aromatic N) is 5. The van der Waals surface area contributed by atoms with Crippen molar-refractivity contribution in [1.82, 2.24) is 20.0 Å². The van der Waals surface area contributed by atoms with Crippen molar-refractivity contribution in [3.63, 3.8) is 0 Å². The van der Waals surface area contributed by atoms with Crippen molar-refractivity contribution in [3.05, 3.63) is 29.1 Å². The molecule has 1 saturated heterocycles. The lowest BCUT2D eigenvalue weighted by Crippen LogP contribution is -2.32. The molecule has 12 nitrogen and oxygen atoms in total. The lowest BCUT2D eigenvalue weighted by Gasteiger charge is -2.14. The van der Waals surface area contributed by atoms with Gasteiger partial charge in [-0.1, -0.05) is 16.5 Å². The first kappa shape index (κ1) is 22.5. The van der Waals surface area contributed by atoms with E-state index in [2.05, 4.69) is 40.9 Å². The minimum absolute atomic E-state index is 0.178. The van der Waals surface area contributed by atoms with Crippen molar-refractivity contribution in [1.29, 1.82) is 5.53 Å². The fraction of sp³-hybridized carbons (Fsp3) is 0.500. The summed E-state index contributed by atoms with van der Waals surface area (Å²) in [6.07, 6.45) is 8.05. The molecule has 3 rings (SSSR count). The average Bonchev–Trinajstić information content (AvgIpc) is 3.42. The molecule has 2 aliphatic rings. The SMILES string of the molecule is N=NNC(=O)c1c(C2=CC=C(N=NN)CC2)nsc1NC(=O)NCCCN1CCCC1. The van der Waals surface area contributed by atoms with Gasteiger partial charge >= 0.3 is 6.03 Å². The number of aromatic nitrogens is 1. The Hall–Kier alpha value is -3.19. The highest BCUT2D eigenvalue weighted by Crippen LogP contribution is 2.34. The maximum Gasteiger partial charge on any atom is 0.319 e. The Kier molecular flexibility index (Phi) is 8.18. The molecular weight excluding hydrogens is 420 g/mol. The van der Waals surface area contributed by atoms with E-state index in [0.717, 1.165) is 48.9 Å². The van der Waals surface area contributed by atoms with Gasteiger partial charge in [-0.2, -0.15) is 9.90 Å². The molecule has 13 heteroatoms. The van der Waals surface area contributed by atoms with Gasteiger partial charge in [0.25, 0.3) is 5.91 Å². The average molecular weight is 447 g/mol. The largest absolute Gasteiger partial charge is 0.338 e. The Morgan fingerprint density at radius 1 is 1.26 bits per heavy atom. The Labute approximate surface area is 183 Å². The minimum atomic E-state index is -0.611. The molecule has 0 bridgehead atoms. The molecule has 0 spiro atoms. The van der Waals surface area contributed by atoms with E-state index >= 15 is 0 Å². The summed E-state index contributed by atoms with van der Waals surface area (Å²) >= 11 is 1.01. The lowest BCUT2D eigenvalue weighted by molar-refractivity contribution is 0.0951. The van der Waals surface area contributed by atoms with E-state index in [9.17, 15) is 9.59 Å². The monoisotopic (exact) mass is 446 g/mol. The van der Waals surface area contributed by atoms with Gasteiger partial charge in [-0.15, -0.1) is 5.11 Å². The first-order valence-electron chi connectivity index (χ1n) is 10.1. The number of likely N-dealkylation sites (tertiary alicyclic amines) is 1. The number of carbonyl (C=O) groups is 2. The summed E-state index contributed by atoms with van der Waals surface area (Å²) in [6.45, 7) is 3.73. The molecule has 0 atom stereocenters. The van der Waals surface area contributed by atoms with Crippen LogP contribution in [0.1, 0.15) is 48.2 Å². The first-order chi connectivity index (χ1) is 15.1. The van der Waals surface area contributed by atoms with Crippen LogP contribution in [0.2, 0.25) is 0 Å². The second-order valence-corrected chi connectivity index (χ2v) is 7.91. The van der Waals surface area contributed by atoms with Crippen LogP contribution < -0.4 is 21.9 Å². The number of rotatable bonds is 9. The molecule has 3 amide bonds. The molecule has 0 unspecified atom stereocenters. The zero-order valence-corrected chi connectivity index (χ0v) is 17.9. The zero-order valence-electron chi connectivity index (χ0n) is 17.1. The van der Waals surface area contributed by atoms with Crippen molar-refractivity contribution in [2.45, 2.75) is 32.1 Å². The third-order valence-electron chi connectivity index (χ3n) is 5.06. The van der Waals surface area contributed by atoms with E-state index < -0.39 is 11.9 Å². The van der Waals surface area contributed by atoms with Crippen LogP contribution in [0.25, 0.3) is 5.57 Å². The maximum atomic E-state index is 12.5. The maximum absolute atomic E-state index is 12.5. The number of allylic oxidation sites excluding steroid dienone is 4. The van der Waals surface area contributed by atoms with E-state index in [1.807, 2.05) is 0 Å². The topological polar surface area (TPSA) is 173 Å². The molecule has 0 saturated carbocycles. The van der Waals surface area contributed by atoms with Crippen LogP contribution in [-0.4, -0.2) is 47.4 Å². The number of hydrogen-bond acceptors (Lipinski definition) is 9. The third kappa shape index (κ3) is 6.15. The molecule has 166 valence electrons. The molecule has 1 aromatic rings. The van der Waals surface area contributed by atoms with Crippen LogP contribution in [0.15, 0.2) is 33.4 Å². The molecule has 6 N–H and O–H groups in total. The van der Waals surface area contributed by atoms with Gasteiger partial charge < -0.3 is 16.1 Å². The Morgan fingerprint density at radius 3 is 2.74 bits per heavy atom. The Morgan fingerprint density at radius 2 is 2.06 bits per heavy atom. The van der Waals surface area contributed by atoms with Crippen molar-refractivity contribution < 1.29 is 9.59 Å². The molecule has 1 aromatic heterocycles. The molecule has 2 heterocycles. The molecule has 1 fully saturated rings. The number of amides is 3. The van der Waals surface area contributed by atoms with Crippen LogP contribution in [-0.2, 0) is 0 Å². The molecule has 0 radical (unpaired) electrons. The highest BCUT2D eigenvalue weighted by Gasteiger charge is 2.25. The number of nitrogens with two attached hydrogens (primary N) is 1. The molecular formula is C18H26N10O2S. The van der Waals surface area contributed by atoms with Crippen LogP contribution in [0.3, 0.4) is 0 Å². The number of carbonyl (C=O) groups excluding carboxylic acids is 2. The van der Waals surface area contributed by atoms with Gasteiger partial charge in [0.05, 0.1) is 11.4 Å². The number of anilines is 1. The van der Waals surface area contributed by atoms with Crippen LogP contribution in [0.5, 0.6) is 0 Å². The van der Waals surface area contributed by atoms with Crippen molar-refractivity contribution in [3.8, 4) is 0 Å². The van der Waals surface area contributed by atoms with E-state index in [0.29, 0.717) is 30.1 Å². The van der Waals surface area contributed by atoms with Crippen molar-refractivity contribution in [2.75, 3.05) is 31.5 Å². The van der Waals surface area contributed by atoms with Gasteiger partial charge in [-0.25, -0.2) is 10.2 Å². The number of nitrogens with one attached hydrogen (secondary N) is 4. The molecule has 31 heavy (non-hydrogen) atoms. The summed E-state index contributed by atoms with van der Waals surface area (Å²) in [4.78, 5) is 27.2. The van der Waals surface area contributed by atoms with Gasteiger partial charge in [0.15, 0.2) is 0 Å². The molecule has 1 aliphatic carbocycles. The fourth-order valence-electron chi connectivity index (χ4n) is 3.55. The normalized spacial score (nSPS) is 16.6. The predicted molar refractivity (Wildman–Crippen MR) is 116 cm³/mol. The summed E-state index contributed by atoms with van der Waals surface area (Å²) in [6, 6.07) is -0.406. The standard InChI is InChI=1S/C18H26N10O2S/c19-26-23-13-6-4-12(5-7-13)15-14(16(29)24-27-20)17(31-25-15)22-18(30)21-8-3-11-28-9-1-2-10-28/h4,6H,1-3,5,7-11H2,(H2,19,23)(H2,20,24,29)(H2,21,22,30). The van der Waals surface area contributed by atoms with Gasteiger partial charge in [0.1, 0.15) is 10.6 Å². The van der Waals surface area contributed by atoms with Gasteiger partial charge in [-0.05, 0) is 74.9 Å². The summed E-state index contributed by atoms with van der Waals surface area (Å²) in [5, 5.41) is 15.9. The quantitative estimate of drug-likeness (QED) is 0.169. The first-order valence-corrected chi connectivity index (χ1v) is 10.8. The second kappa shape index (κ2) is 11.3. The van der Waals surface area contributed by atoms with E-state index in [1.165, 1.54) is 12.8 Å². The summed E-state index contributed by atoms with van der Waals surface area (Å²) in [5.74, 6) is 4.47. The smallest absolute Gasteiger partial charge is 0.319 e. The minimum Gasteiger partial charge on any atom is -0.338 e. The van der Waals surface area contributed by atoms with Crippen LogP contribution in [0.4, 0.5) is 9.80 Å². The number of urea groups is 1. The summed E-state index contributed by atoms with van der Waals surface area (Å²) in [7, 11) is 0. The highest BCUT2D eigenvalue weighted by molar-refractivity contribution is 7.11. The van der Waals surface area contributed by atoms with Crippen molar-refractivity contribution in [2.24, 2.45) is 21.4 Å². The van der Waals surface area contributed by atoms with Crippen LogP contribution >= 0.6 is 11.5 Å². The lowest BCUT2D eigenvalue weighted by atomic mass is 9.97. The van der Waals surface area contributed by atoms with E-state index in [4.69, 9.17) is 11.4 Å². The molecule has 0 aromatic carbocycles. The Balaban J connectivity index is 1.66. The highest BCUT2D eigenvalue weighted by atomic mass is 32.1. The zero-order chi connectivity index (χ0) is 22.1. The summed E-state index contributed by atoms with van der Waals surface area (Å²) < 4.78 is 4.37. The van der Waals surface area contributed by atoms with E-state index in [-0.39, 0.29) is 5.56 Å². The van der Waals surface area contributed by atoms with Gasteiger partial charge in [0.2, 0.25) is 0 Å². The van der Waals surface area contributed by atoms with Gasteiger partial charge in [0, 0.05) is 6.54 Å². The second-order valence-electron chi connectivity index (χ2n) is 7.14. The summed E-state index contributed by atoms with van der Waals surface area (Å²) in [5.41, 5.74) is 11.2. The Bertz CT molecular complexity index is 901. The number of hydrogen-bond donors (Lipinski definition) is 5. The van der Waals surface area contributed by atoms with Crippen LogP contribution in [0, 0.1) is 5.53 Å². The molecule has 1 aliphatic heterocycles.